The van der Waals surface area contributed by atoms with Crippen LogP contribution in [0.1, 0.15) is 13.8 Å². The number of aromatic nitrogens is 2. The van der Waals surface area contributed by atoms with Gasteiger partial charge in [0.25, 0.3) is 0 Å². The number of hydrogen-bond acceptors (Lipinski definition) is 6. The molecule has 0 spiro atoms. The molecule has 0 atom stereocenters. The van der Waals surface area contributed by atoms with Crippen molar-refractivity contribution < 1.29 is 4.74 Å². The highest BCUT2D eigenvalue weighted by atomic mass is 32.2. The lowest BCUT2D eigenvalue weighted by molar-refractivity contribution is 0.414. The Hall–Kier alpha value is -1.17. The highest BCUT2D eigenvalue weighted by Crippen LogP contribution is 2.30. The molecular weight excluding hydrogens is 236 g/mol. The molecule has 96 valence electrons. The number of nitrogens with zero attached hydrogens (tertiary/aromatic N) is 2. The molecule has 0 aliphatic rings. The Morgan fingerprint density at radius 2 is 2.00 bits per heavy atom. The van der Waals surface area contributed by atoms with Crippen molar-refractivity contribution >= 4 is 23.4 Å². The van der Waals surface area contributed by atoms with Crippen LogP contribution in [0.4, 0.5) is 11.6 Å². The number of hydrogen-bond donors (Lipinski definition) is 2. The molecule has 1 heterocycles. The highest BCUT2D eigenvalue weighted by Gasteiger charge is 2.18. The SMILES string of the molecule is CNc1ncnc(NCC(C)(C)SC)c1OC. The number of anilines is 2. The minimum absolute atomic E-state index is 0.149. The summed E-state index contributed by atoms with van der Waals surface area (Å²) in [7, 11) is 3.42. The fraction of sp³-hybridized carbons (Fsp3) is 0.636. The summed E-state index contributed by atoms with van der Waals surface area (Å²) in [5.41, 5.74) is 0. The Balaban J connectivity index is 2.84. The van der Waals surface area contributed by atoms with Gasteiger partial charge in [0.1, 0.15) is 6.33 Å². The molecule has 0 aliphatic carbocycles. The first-order valence-corrected chi connectivity index (χ1v) is 6.62. The zero-order valence-electron chi connectivity index (χ0n) is 11.0. The smallest absolute Gasteiger partial charge is 0.204 e. The summed E-state index contributed by atoms with van der Waals surface area (Å²) in [5.74, 6) is 2.05. The minimum Gasteiger partial charge on any atom is -0.490 e. The Morgan fingerprint density at radius 1 is 1.35 bits per heavy atom. The quantitative estimate of drug-likeness (QED) is 0.812. The monoisotopic (exact) mass is 256 g/mol. The fourth-order valence-corrected chi connectivity index (χ4v) is 1.46. The maximum Gasteiger partial charge on any atom is 0.204 e. The van der Waals surface area contributed by atoms with Gasteiger partial charge in [0.15, 0.2) is 11.6 Å². The van der Waals surface area contributed by atoms with Gasteiger partial charge in [0.2, 0.25) is 5.75 Å². The van der Waals surface area contributed by atoms with Gasteiger partial charge in [-0.15, -0.1) is 0 Å². The van der Waals surface area contributed by atoms with Crippen LogP contribution in [0, 0.1) is 0 Å². The Labute approximate surface area is 107 Å². The largest absolute Gasteiger partial charge is 0.490 e. The van der Waals surface area contributed by atoms with Crippen LogP contribution in [-0.4, -0.2) is 41.7 Å². The molecule has 1 aromatic rings. The van der Waals surface area contributed by atoms with Gasteiger partial charge in [-0.05, 0) is 20.1 Å². The van der Waals surface area contributed by atoms with Crippen LogP contribution in [0.5, 0.6) is 5.75 Å². The maximum absolute atomic E-state index is 5.31. The minimum atomic E-state index is 0.149. The average molecular weight is 256 g/mol. The Bertz CT molecular complexity index is 370. The van der Waals surface area contributed by atoms with Crippen molar-refractivity contribution in [3.8, 4) is 5.75 Å². The van der Waals surface area contributed by atoms with Gasteiger partial charge in [-0.3, -0.25) is 0 Å². The summed E-state index contributed by atoms with van der Waals surface area (Å²) in [5, 5.41) is 6.27. The van der Waals surface area contributed by atoms with Crippen molar-refractivity contribution in [2.45, 2.75) is 18.6 Å². The van der Waals surface area contributed by atoms with Gasteiger partial charge >= 0.3 is 0 Å². The molecule has 0 radical (unpaired) electrons. The summed E-state index contributed by atoms with van der Waals surface area (Å²) in [6.07, 6.45) is 3.61. The van der Waals surface area contributed by atoms with E-state index in [0.29, 0.717) is 17.4 Å². The molecular formula is C11H20N4OS. The lowest BCUT2D eigenvalue weighted by Gasteiger charge is -2.23. The van der Waals surface area contributed by atoms with Crippen molar-refractivity contribution in [1.29, 1.82) is 0 Å². The first-order valence-electron chi connectivity index (χ1n) is 5.40. The second-order valence-electron chi connectivity index (χ2n) is 4.17. The van der Waals surface area contributed by atoms with E-state index >= 15 is 0 Å². The summed E-state index contributed by atoms with van der Waals surface area (Å²) in [6.45, 7) is 5.17. The molecule has 17 heavy (non-hydrogen) atoms. The number of ether oxygens (including phenoxy) is 1. The molecule has 0 saturated heterocycles. The summed E-state index contributed by atoms with van der Waals surface area (Å²) >= 11 is 1.81. The molecule has 0 saturated carbocycles. The predicted octanol–water partition coefficient (Wildman–Crippen LogP) is 2.08. The van der Waals surface area contributed by atoms with E-state index in [0.717, 1.165) is 6.54 Å². The van der Waals surface area contributed by atoms with Crippen LogP contribution in [0.3, 0.4) is 0 Å². The van der Waals surface area contributed by atoms with Crippen molar-refractivity contribution in [2.24, 2.45) is 0 Å². The van der Waals surface area contributed by atoms with Gasteiger partial charge in [-0.25, -0.2) is 9.97 Å². The number of nitrogens with one attached hydrogen (secondary N) is 2. The average Bonchev–Trinajstić information content (AvgIpc) is 2.35. The van der Waals surface area contributed by atoms with Crippen LogP contribution >= 0.6 is 11.8 Å². The second-order valence-corrected chi connectivity index (χ2v) is 5.68. The third-order valence-corrected chi connectivity index (χ3v) is 3.73. The number of thioether (sulfide) groups is 1. The van der Waals surface area contributed by atoms with Gasteiger partial charge in [-0.2, -0.15) is 11.8 Å². The molecule has 6 heteroatoms. The molecule has 1 aromatic heterocycles. The van der Waals surface area contributed by atoms with Crippen LogP contribution in [-0.2, 0) is 0 Å². The summed E-state index contributed by atoms with van der Waals surface area (Å²) < 4.78 is 5.46. The Kier molecular flexibility index (Phi) is 4.86. The van der Waals surface area contributed by atoms with Gasteiger partial charge < -0.3 is 15.4 Å². The zero-order valence-corrected chi connectivity index (χ0v) is 11.8. The van der Waals surface area contributed by atoms with Crippen LogP contribution in [0.15, 0.2) is 6.33 Å². The van der Waals surface area contributed by atoms with E-state index in [1.807, 2.05) is 11.8 Å². The van der Waals surface area contributed by atoms with E-state index in [2.05, 4.69) is 40.7 Å². The lowest BCUT2D eigenvalue weighted by atomic mass is 10.2. The highest BCUT2D eigenvalue weighted by molar-refractivity contribution is 7.99. The molecule has 0 aliphatic heterocycles. The third-order valence-electron chi connectivity index (χ3n) is 2.48. The maximum atomic E-state index is 5.31. The topological polar surface area (TPSA) is 59.1 Å². The summed E-state index contributed by atoms with van der Waals surface area (Å²) in [4.78, 5) is 8.30. The van der Waals surface area contributed by atoms with E-state index < -0.39 is 0 Å². The summed E-state index contributed by atoms with van der Waals surface area (Å²) in [6, 6.07) is 0. The van der Waals surface area contributed by atoms with E-state index in [1.165, 1.54) is 6.33 Å². The lowest BCUT2D eigenvalue weighted by Crippen LogP contribution is -2.26. The van der Waals surface area contributed by atoms with Crippen molar-refractivity contribution in [1.82, 2.24) is 9.97 Å². The van der Waals surface area contributed by atoms with Crippen LogP contribution in [0.2, 0.25) is 0 Å². The molecule has 0 fully saturated rings. The predicted molar refractivity (Wildman–Crippen MR) is 74.2 cm³/mol. The molecule has 0 bridgehead atoms. The van der Waals surface area contributed by atoms with E-state index in [4.69, 9.17) is 4.74 Å². The van der Waals surface area contributed by atoms with Gasteiger partial charge in [-0.1, -0.05) is 0 Å². The van der Waals surface area contributed by atoms with E-state index in [1.54, 1.807) is 14.2 Å². The zero-order chi connectivity index (χ0) is 12.9. The van der Waals surface area contributed by atoms with Crippen molar-refractivity contribution in [3.63, 3.8) is 0 Å². The normalized spacial score (nSPS) is 11.1. The second kappa shape index (κ2) is 5.95. The fourth-order valence-electron chi connectivity index (χ4n) is 1.24. The first kappa shape index (κ1) is 13.9. The molecule has 1 rings (SSSR count). The molecule has 0 unspecified atom stereocenters. The van der Waals surface area contributed by atoms with Gasteiger partial charge in [0.05, 0.1) is 7.11 Å². The number of rotatable bonds is 6. The van der Waals surface area contributed by atoms with Crippen LogP contribution < -0.4 is 15.4 Å². The van der Waals surface area contributed by atoms with Crippen molar-refractivity contribution in [2.75, 3.05) is 37.6 Å². The third kappa shape index (κ3) is 3.66. The van der Waals surface area contributed by atoms with Crippen LogP contribution in [0.25, 0.3) is 0 Å². The molecule has 2 N–H and O–H groups in total. The van der Waals surface area contributed by atoms with E-state index in [9.17, 15) is 0 Å². The first-order chi connectivity index (χ1) is 8.04. The molecule has 0 amide bonds. The standard InChI is InChI=1S/C11H20N4OS/c1-11(2,17-5)6-13-10-8(16-4)9(12-3)14-7-15-10/h7H,6H2,1-5H3,(H2,12,13,14,15). The molecule has 0 aromatic carbocycles. The Morgan fingerprint density at radius 3 is 2.53 bits per heavy atom. The van der Waals surface area contributed by atoms with E-state index in [-0.39, 0.29) is 4.75 Å². The number of methoxy groups -OCH3 is 1. The van der Waals surface area contributed by atoms with Crippen molar-refractivity contribution in [3.05, 3.63) is 6.33 Å². The van der Waals surface area contributed by atoms with Gasteiger partial charge in [0, 0.05) is 18.3 Å². The molecule has 5 nitrogen and oxygen atoms in total.